The van der Waals surface area contributed by atoms with Crippen LogP contribution in [0.5, 0.6) is 11.7 Å². The van der Waals surface area contributed by atoms with E-state index in [2.05, 4.69) is 43.5 Å². The number of nitrogens with one attached hydrogen (secondary N) is 1. The van der Waals surface area contributed by atoms with Gasteiger partial charge in [-0.15, -0.1) is 10.2 Å². The molecule has 190 valence electrons. The Morgan fingerprint density at radius 2 is 2.00 bits per heavy atom. The van der Waals surface area contributed by atoms with Gasteiger partial charge < -0.3 is 18.8 Å². The van der Waals surface area contributed by atoms with Crippen molar-refractivity contribution >= 4 is 43.8 Å². The summed E-state index contributed by atoms with van der Waals surface area (Å²) in [7, 11) is 1.71. The van der Waals surface area contributed by atoms with Crippen molar-refractivity contribution in [3.63, 3.8) is 0 Å². The molecule has 0 atom stereocenters. The number of halogens is 1. The van der Waals surface area contributed by atoms with Gasteiger partial charge in [-0.2, -0.15) is 5.21 Å². The van der Waals surface area contributed by atoms with E-state index in [9.17, 15) is 4.79 Å². The van der Waals surface area contributed by atoms with E-state index < -0.39 is 6.09 Å². The molecule has 0 fully saturated rings. The van der Waals surface area contributed by atoms with Crippen LogP contribution in [0.25, 0.3) is 21.7 Å². The van der Waals surface area contributed by atoms with Crippen LogP contribution in [0.1, 0.15) is 36.7 Å². The van der Waals surface area contributed by atoms with Gasteiger partial charge in [0.15, 0.2) is 6.61 Å². The first-order valence-electron chi connectivity index (χ1n) is 12.0. The maximum atomic E-state index is 13.0. The summed E-state index contributed by atoms with van der Waals surface area (Å²) in [5.74, 6) is 1.43. The van der Waals surface area contributed by atoms with Crippen molar-refractivity contribution in [3.05, 3.63) is 76.0 Å². The minimum atomic E-state index is -0.469. The largest absolute Gasteiger partial charge is 0.484 e. The van der Waals surface area contributed by atoms with Crippen LogP contribution >= 0.6 is 15.9 Å². The van der Waals surface area contributed by atoms with Gasteiger partial charge in [-0.25, -0.2) is 4.79 Å². The third-order valence-corrected chi connectivity index (χ3v) is 6.90. The number of aromatic nitrogens is 4. The Bertz CT molecular complexity index is 1530. The standard InChI is InChI=1S/C27H26BrN5O4/c1-3-4-7-21-20-8-5-6-9-22(20)36-26(21)37-27(34)33(2)15-17-10-12-19-18(14-17)11-13-23(25(19)28)35-16-24-29-31-32-30-24/h5-6,8-14H,3-4,7,15-16H2,1-2H3,(H,29,30,31,32). The van der Waals surface area contributed by atoms with Gasteiger partial charge in [0.2, 0.25) is 5.82 Å². The summed E-state index contributed by atoms with van der Waals surface area (Å²) in [5, 5.41) is 16.7. The van der Waals surface area contributed by atoms with Gasteiger partial charge in [0.1, 0.15) is 11.3 Å². The third-order valence-electron chi connectivity index (χ3n) is 6.08. The number of aryl methyl sites for hydroxylation is 1. The fourth-order valence-electron chi connectivity index (χ4n) is 4.16. The molecule has 0 unspecified atom stereocenters. The Balaban J connectivity index is 1.28. The van der Waals surface area contributed by atoms with E-state index in [-0.39, 0.29) is 12.6 Å². The maximum Gasteiger partial charge on any atom is 0.417 e. The average Bonchev–Trinajstić information content (AvgIpc) is 3.54. The van der Waals surface area contributed by atoms with Crippen molar-refractivity contribution in [2.75, 3.05) is 7.05 Å². The average molecular weight is 564 g/mol. The van der Waals surface area contributed by atoms with E-state index in [1.54, 1.807) is 7.05 Å². The van der Waals surface area contributed by atoms with Crippen LogP contribution in [0, 0.1) is 0 Å². The Morgan fingerprint density at radius 1 is 1.14 bits per heavy atom. The first-order valence-corrected chi connectivity index (χ1v) is 12.8. The molecule has 10 heteroatoms. The number of furan rings is 1. The highest BCUT2D eigenvalue weighted by atomic mass is 79.9. The molecule has 5 aromatic rings. The molecule has 1 amide bonds. The lowest BCUT2D eigenvalue weighted by Gasteiger charge is -2.17. The summed E-state index contributed by atoms with van der Waals surface area (Å²) in [5.41, 5.74) is 2.63. The first kappa shape index (κ1) is 24.8. The highest BCUT2D eigenvalue weighted by molar-refractivity contribution is 9.10. The van der Waals surface area contributed by atoms with Gasteiger partial charge in [0, 0.05) is 24.5 Å². The van der Waals surface area contributed by atoms with Crippen LogP contribution in [0.15, 0.2) is 63.5 Å². The zero-order valence-electron chi connectivity index (χ0n) is 20.5. The van der Waals surface area contributed by atoms with Gasteiger partial charge in [0.25, 0.3) is 5.95 Å². The zero-order chi connectivity index (χ0) is 25.8. The van der Waals surface area contributed by atoms with E-state index in [0.717, 1.165) is 56.6 Å². The van der Waals surface area contributed by atoms with Gasteiger partial charge >= 0.3 is 6.09 Å². The second kappa shape index (κ2) is 11.0. The summed E-state index contributed by atoms with van der Waals surface area (Å²) in [4.78, 5) is 14.5. The van der Waals surface area contributed by atoms with Crippen molar-refractivity contribution in [2.45, 2.75) is 39.3 Å². The molecular formula is C27H26BrN5O4. The highest BCUT2D eigenvalue weighted by Crippen LogP contribution is 2.35. The lowest BCUT2D eigenvalue weighted by atomic mass is 10.1. The zero-order valence-corrected chi connectivity index (χ0v) is 22.1. The molecule has 5 rings (SSSR count). The number of fused-ring (bicyclic) bond motifs is 2. The molecule has 0 aliphatic carbocycles. The number of ether oxygens (including phenoxy) is 2. The molecule has 37 heavy (non-hydrogen) atoms. The number of amides is 1. The van der Waals surface area contributed by atoms with E-state index in [0.29, 0.717) is 18.1 Å². The van der Waals surface area contributed by atoms with Crippen molar-refractivity contribution in [1.29, 1.82) is 0 Å². The van der Waals surface area contributed by atoms with Crippen molar-refractivity contribution in [1.82, 2.24) is 25.5 Å². The molecule has 0 radical (unpaired) electrons. The van der Waals surface area contributed by atoms with E-state index >= 15 is 0 Å². The number of carbonyl (C=O) groups is 1. The fourth-order valence-corrected chi connectivity index (χ4v) is 4.77. The molecule has 0 saturated heterocycles. The normalized spacial score (nSPS) is 11.2. The lowest BCUT2D eigenvalue weighted by Crippen LogP contribution is -2.29. The number of hydrogen-bond acceptors (Lipinski definition) is 7. The molecule has 0 aliphatic heterocycles. The first-order chi connectivity index (χ1) is 18.0. The summed E-state index contributed by atoms with van der Waals surface area (Å²) in [6.07, 6.45) is 2.35. The third kappa shape index (κ3) is 5.43. The number of unbranched alkanes of at least 4 members (excludes halogenated alkanes) is 1. The van der Waals surface area contributed by atoms with Crippen LogP contribution in [-0.4, -0.2) is 38.7 Å². The van der Waals surface area contributed by atoms with Crippen LogP contribution in [0.2, 0.25) is 0 Å². The number of aromatic amines is 1. The summed E-state index contributed by atoms with van der Waals surface area (Å²) in [6, 6.07) is 17.6. The summed E-state index contributed by atoms with van der Waals surface area (Å²) >= 11 is 3.64. The number of hydrogen-bond donors (Lipinski definition) is 1. The van der Waals surface area contributed by atoms with Gasteiger partial charge in [-0.3, -0.25) is 0 Å². The SMILES string of the molecule is CCCCc1c(OC(=O)N(C)Cc2ccc3c(Br)c(OCc4nn[nH]n4)ccc3c2)oc2ccccc12. The molecule has 1 N–H and O–H groups in total. The Morgan fingerprint density at radius 3 is 2.81 bits per heavy atom. The maximum absolute atomic E-state index is 13.0. The number of H-pyrrole nitrogens is 1. The van der Waals surface area contributed by atoms with Crippen molar-refractivity contribution in [2.24, 2.45) is 0 Å². The molecule has 2 aromatic heterocycles. The minimum Gasteiger partial charge on any atom is -0.484 e. The number of benzene rings is 3. The second-order valence-electron chi connectivity index (χ2n) is 8.74. The molecule has 9 nitrogen and oxygen atoms in total. The van der Waals surface area contributed by atoms with Crippen molar-refractivity contribution in [3.8, 4) is 11.7 Å². The van der Waals surface area contributed by atoms with Crippen LogP contribution in [0.4, 0.5) is 4.79 Å². The predicted molar refractivity (Wildman–Crippen MR) is 142 cm³/mol. The molecule has 3 aromatic carbocycles. The molecule has 0 bridgehead atoms. The Labute approximate surface area is 221 Å². The van der Waals surface area contributed by atoms with Gasteiger partial charge in [-0.05, 0) is 63.3 Å². The number of rotatable bonds is 9. The predicted octanol–water partition coefficient (Wildman–Crippen LogP) is 6.41. The monoisotopic (exact) mass is 563 g/mol. The molecule has 2 heterocycles. The molecular weight excluding hydrogens is 538 g/mol. The summed E-state index contributed by atoms with van der Waals surface area (Å²) in [6.45, 7) is 2.72. The fraction of sp³-hybridized carbons (Fsp3) is 0.259. The molecule has 0 saturated carbocycles. The van der Waals surface area contributed by atoms with Gasteiger partial charge in [0.05, 0.1) is 4.47 Å². The van der Waals surface area contributed by atoms with Gasteiger partial charge in [-0.1, -0.05) is 55.0 Å². The molecule has 0 aliphatic rings. The number of nitrogens with zero attached hydrogens (tertiary/aromatic N) is 4. The number of para-hydroxylation sites is 1. The molecule has 0 spiro atoms. The smallest absolute Gasteiger partial charge is 0.417 e. The number of carbonyl (C=O) groups excluding carboxylic acids is 1. The lowest BCUT2D eigenvalue weighted by molar-refractivity contribution is 0.149. The topological polar surface area (TPSA) is 106 Å². The Kier molecular flexibility index (Phi) is 7.36. The quantitative estimate of drug-likeness (QED) is 0.220. The number of tetrazole rings is 1. The van der Waals surface area contributed by atoms with E-state index in [1.807, 2.05) is 54.6 Å². The summed E-state index contributed by atoms with van der Waals surface area (Å²) < 4.78 is 18.3. The highest BCUT2D eigenvalue weighted by Gasteiger charge is 2.20. The van der Waals surface area contributed by atoms with Crippen LogP contribution < -0.4 is 9.47 Å². The van der Waals surface area contributed by atoms with E-state index in [1.165, 1.54) is 4.90 Å². The van der Waals surface area contributed by atoms with E-state index in [4.69, 9.17) is 13.9 Å². The minimum absolute atomic E-state index is 0.205. The van der Waals surface area contributed by atoms with Crippen LogP contribution in [-0.2, 0) is 19.6 Å². The Hall–Kier alpha value is -3.92. The van der Waals surface area contributed by atoms with Crippen LogP contribution in [0.3, 0.4) is 0 Å². The van der Waals surface area contributed by atoms with Crippen molar-refractivity contribution < 1.29 is 18.7 Å². The second-order valence-corrected chi connectivity index (χ2v) is 9.53.